The van der Waals surface area contributed by atoms with Gasteiger partial charge in [-0.05, 0) is 106 Å². The Kier molecular flexibility index (Phi) is 6.47. The highest BCUT2D eigenvalue weighted by Crippen LogP contribution is 2.53. The minimum Gasteiger partial charge on any atom is -0.385 e. The van der Waals surface area contributed by atoms with Crippen LogP contribution in [-0.4, -0.2) is 59.1 Å². The maximum atomic E-state index is 13.3. The molecule has 1 aromatic rings. The molecule has 0 radical (unpaired) electrons. The van der Waals surface area contributed by atoms with E-state index in [0.717, 1.165) is 37.0 Å². The van der Waals surface area contributed by atoms with Crippen molar-refractivity contribution in [3.05, 3.63) is 35.6 Å². The average Bonchev–Trinajstić information content (AvgIpc) is 3.12. The van der Waals surface area contributed by atoms with Gasteiger partial charge in [-0.1, -0.05) is 12.1 Å². The fourth-order valence-corrected chi connectivity index (χ4v) is 8.18. The molecule has 2 N–H and O–H groups in total. The Balaban J connectivity index is 0.976. The molecule has 7 heteroatoms. The van der Waals surface area contributed by atoms with Crippen molar-refractivity contribution in [1.82, 2.24) is 15.1 Å². The Morgan fingerprint density at radius 2 is 1.47 bits per heavy atom. The number of aliphatic hydroxyl groups is 1. The van der Waals surface area contributed by atoms with E-state index in [1.54, 1.807) is 12.1 Å². The number of piperidine rings is 2. The summed E-state index contributed by atoms with van der Waals surface area (Å²) in [5.74, 6) is 3.25. The molecule has 3 saturated carbocycles. The van der Waals surface area contributed by atoms with E-state index in [4.69, 9.17) is 0 Å². The molecule has 5 aliphatic rings. The van der Waals surface area contributed by atoms with Crippen LogP contribution in [-0.2, 0) is 10.4 Å². The SMILES string of the molecule is O=C(NC1CCC2CC3CC1C[C@@H]2C3)C1CCN(C(=O)N2CCC(O)(c3ccc(F)cc3)CC2)CC1. The van der Waals surface area contributed by atoms with Gasteiger partial charge in [-0.25, -0.2) is 9.18 Å². The summed E-state index contributed by atoms with van der Waals surface area (Å²) in [7, 11) is 0. The molecule has 2 heterocycles. The lowest BCUT2D eigenvalue weighted by atomic mass is 9.77. The van der Waals surface area contributed by atoms with Gasteiger partial charge < -0.3 is 20.2 Å². The Bertz CT molecular complexity index is 968. The zero-order valence-corrected chi connectivity index (χ0v) is 21.2. The number of benzene rings is 1. The van der Waals surface area contributed by atoms with Gasteiger partial charge >= 0.3 is 6.03 Å². The second-order valence-corrected chi connectivity index (χ2v) is 12.4. The molecule has 36 heavy (non-hydrogen) atoms. The van der Waals surface area contributed by atoms with E-state index >= 15 is 0 Å². The molecule has 2 saturated heterocycles. The van der Waals surface area contributed by atoms with Crippen LogP contribution in [0.5, 0.6) is 0 Å². The number of hydrogen-bond acceptors (Lipinski definition) is 3. The monoisotopic (exact) mass is 497 g/mol. The minimum absolute atomic E-state index is 0.00357. The fraction of sp³-hybridized carbons (Fsp3) is 0.724. The van der Waals surface area contributed by atoms with E-state index in [-0.39, 0.29) is 23.7 Å². The maximum Gasteiger partial charge on any atom is 0.320 e. The standard InChI is InChI=1S/C29H40FN3O3/c30-25-4-2-24(3-5-25)29(36)9-13-33(14-10-29)28(35)32-11-7-20(8-12-32)27(34)31-26-6-1-21-15-19-16-22(21)18-23(26)17-19/h2-5,19-23,26,36H,1,6-18H2,(H,31,34)/t19?,21?,22-,23?,26?/m0/s1. The Morgan fingerprint density at radius 3 is 2.19 bits per heavy atom. The van der Waals surface area contributed by atoms with Crippen molar-refractivity contribution >= 4 is 11.9 Å². The predicted octanol–water partition coefficient (Wildman–Crippen LogP) is 4.27. The summed E-state index contributed by atoms with van der Waals surface area (Å²) in [6.45, 7) is 2.16. The summed E-state index contributed by atoms with van der Waals surface area (Å²) in [4.78, 5) is 30.0. The number of carbonyl (C=O) groups excluding carboxylic acids is 2. The number of fused-ring (bicyclic) bond motifs is 2. The topological polar surface area (TPSA) is 72.9 Å². The van der Waals surface area contributed by atoms with Gasteiger partial charge in [0.15, 0.2) is 0 Å². The number of urea groups is 1. The van der Waals surface area contributed by atoms with Gasteiger partial charge in [0, 0.05) is 38.1 Å². The first-order chi connectivity index (χ1) is 17.4. The van der Waals surface area contributed by atoms with E-state index in [1.165, 1.54) is 44.2 Å². The van der Waals surface area contributed by atoms with Crippen LogP contribution in [0.25, 0.3) is 0 Å². The molecular weight excluding hydrogens is 457 g/mol. The molecule has 4 unspecified atom stereocenters. The molecule has 196 valence electrons. The van der Waals surface area contributed by atoms with Gasteiger partial charge in [0.2, 0.25) is 5.91 Å². The summed E-state index contributed by atoms with van der Waals surface area (Å²) in [5.41, 5.74) is -0.316. The lowest BCUT2D eigenvalue weighted by Crippen LogP contribution is -2.53. The number of likely N-dealkylation sites (tertiary alicyclic amines) is 2. The van der Waals surface area contributed by atoms with Crippen molar-refractivity contribution in [1.29, 1.82) is 0 Å². The second kappa shape index (κ2) is 9.62. The first kappa shape index (κ1) is 24.2. The van der Waals surface area contributed by atoms with Crippen LogP contribution >= 0.6 is 0 Å². The number of carbonyl (C=O) groups is 2. The molecule has 3 bridgehead atoms. The summed E-state index contributed by atoms with van der Waals surface area (Å²) in [5, 5.41) is 14.5. The molecule has 0 aromatic heterocycles. The number of rotatable bonds is 3. The van der Waals surface area contributed by atoms with Crippen molar-refractivity contribution < 1.29 is 19.1 Å². The number of hydrogen-bond donors (Lipinski definition) is 2. The van der Waals surface area contributed by atoms with Gasteiger partial charge in [-0.2, -0.15) is 0 Å². The third-order valence-corrected chi connectivity index (χ3v) is 10.3. The maximum absolute atomic E-state index is 13.3. The van der Waals surface area contributed by atoms with E-state index in [2.05, 4.69) is 5.32 Å². The Labute approximate surface area is 213 Å². The summed E-state index contributed by atoms with van der Waals surface area (Å²) in [6.07, 6.45) is 10.2. The molecule has 2 aliphatic heterocycles. The Morgan fingerprint density at radius 1 is 0.833 bits per heavy atom. The lowest BCUT2D eigenvalue weighted by molar-refractivity contribution is -0.127. The molecule has 6 rings (SSSR count). The van der Waals surface area contributed by atoms with Gasteiger partial charge in [0.25, 0.3) is 0 Å². The first-order valence-corrected chi connectivity index (χ1v) is 14.2. The van der Waals surface area contributed by atoms with Crippen molar-refractivity contribution in [2.24, 2.45) is 29.6 Å². The Hall–Kier alpha value is -2.15. The van der Waals surface area contributed by atoms with Crippen LogP contribution in [0.15, 0.2) is 24.3 Å². The largest absolute Gasteiger partial charge is 0.385 e. The molecular formula is C29H40FN3O3. The van der Waals surface area contributed by atoms with E-state index in [0.29, 0.717) is 56.5 Å². The number of nitrogens with one attached hydrogen (secondary N) is 1. The lowest BCUT2D eigenvalue weighted by Gasteiger charge is -2.41. The van der Waals surface area contributed by atoms with Gasteiger partial charge in [0.1, 0.15) is 5.82 Å². The quantitative estimate of drug-likeness (QED) is 0.655. The van der Waals surface area contributed by atoms with Crippen LogP contribution < -0.4 is 5.32 Å². The molecule has 5 fully saturated rings. The zero-order valence-electron chi connectivity index (χ0n) is 21.2. The number of amides is 3. The van der Waals surface area contributed by atoms with Crippen molar-refractivity contribution in [3.63, 3.8) is 0 Å². The first-order valence-electron chi connectivity index (χ1n) is 14.2. The average molecular weight is 498 g/mol. The van der Waals surface area contributed by atoms with Gasteiger partial charge in [-0.15, -0.1) is 0 Å². The van der Waals surface area contributed by atoms with Crippen LogP contribution in [0.4, 0.5) is 9.18 Å². The normalized spacial score (nSPS) is 33.9. The van der Waals surface area contributed by atoms with E-state index in [1.807, 2.05) is 9.80 Å². The van der Waals surface area contributed by atoms with Gasteiger partial charge in [-0.3, -0.25) is 4.79 Å². The summed E-state index contributed by atoms with van der Waals surface area (Å²) < 4.78 is 13.3. The van der Waals surface area contributed by atoms with Crippen molar-refractivity contribution in [3.8, 4) is 0 Å². The molecule has 5 atom stereocenters. The third-order valence-electron chi connectivity index (χ3n) is 10.3. The molecule has 6 nitrogen and oxygen atoms in total. The summed E-state index contributed by atoms with van der Waals surface area (Å²) >= 11 is 0. The predicted molar refractivity (Wildman–Crippen MR) is 134 cm³/mol. The van der Waals surface area contributed by atoms with Crippen LogP contribution in [0.3, 0.4) is 0 Å². The number of halogens is 1. The van der Waals surface area contributed by atoms with Crippen LogP contribution in [0.1, 0.15) is 69.8 Å². The minimum atomic E-state index is -1.02. The zero-order chi connectivity index (χ0) is 24.9. The van der Waals surface area contributed by atoms with Gasteiger partial charge in [0.05, 0.1) is 5.60 Å². The highest BCUT2D eigenvalue weighted by Gasteiger charge is 2.46. The third kappa shape index (κ3) is 4.64. The van der Waals surface area contributed by atoms with Crippen LogP contribution in [0.2, 0.25) is 0 Å². The smallest absolute Gasteiger partial charge is 0.320 e. The highest BCUT2D eigenvalue weighted by atomic mass is 19.1. The highest BCUT2D eigenvalue weighted by molar-refractivity contribution is 5.80. The molecule has 0 spiro atoms. The second-order valence-electron chi connectivity index (χ2n) is 12.4. The number of nitrogens with zero attached hydrogens (tertiary/aromatic N) is 2. The molecule has 1 aromatic carbocycles. The van der Waals surface area contributed by atoms with Crippen LogP contribution in [0, 0.1) is 35.4 Å². The van der Waals surface area contributed by atoms with Crippen molar-refractivity contribution in [2.75, 3.05) is 26.2 Å². The fourth-order valence-electron chi connectivity index (χ4n) is 8.18. The van der Waals surface area contributed by atoms with E-state index < -0.39 is 5.60 Å². The summed E-state index contributed by atoms with van der Waals surface area (Å²) in [6, 6.07) is 6.36. The van der Waals surface area contributed by atoms with E-state index in [9.17, 15) is 19.1 Å². The molecule has 3 aliphatic carbocycles. The molecule has 3 amide bonds. The van der Waals surface area contributed by atoms with Crippen molar-refractivity contribution in [2.45, 2.75) is 75.9 Å².